The number of hydrogen-bond acceptors (Lipinski definition) is 5. The van der Waals surface area contributed by atoms with Crippen LogP contribution < -0.4 is 4.72 Å². The lowest BCUT2D eigenvalue weighted by Gasteiger charge is -2.14. The lowest BCUT2D eigenvalue weighted by Crippen LogP contribution is -2.41. The summed E-state index contributed by atoms with van der Waals surface area (Å²) in [4.78, 5) is 10.6. The minimum atomic E-state index is -4.26. The van der Waals surface area contributed by atoms with Crippen LogP contribution in [-0.4, -0.2) is 46.0 Å². The second-order valence-corrected chi connectivity index (χ2v) is 8.36. The summed E-state index contributed by atoms with van der Waals surface area (Å²) >= 11 is 0. The van der Waals surface area contributed by atoms with Gasteiger partial charge in [0.25, 0.3) is 0 Å². The molecule has 7 nitrogen and oxygen atoms in total. The highest BCUT2D eigenvalue weighted by atomic mass is 32.2. The maximum atomic E-state index is 13.0. The molecule has 118 valence electrons. The maximum Gasteiger partial charge on any atom is 0.321 e. The van der Waals surface area contributed by atoms with Gasteiger partial charge in [-0.1, -0.05) is 6.07 Å². The summed E-state index contributed by atoms with van der Waals surface area (Å²) < 4.78 is 60.8. The molecule has 10 heteroatoms. The molecule has 1 atom stereocenters. The quantitative estimate of drug-likeness (QED) is 0.721. The van der Waals surface area contributed by atoms with Crippen molar-refractivity contribution >= 4 is 25.8 Å². The normalized spacial score (nSPS) is 13.8. The van der Waals surface area contributed by atoms with Crippen LogP contribution in [0.2, 0.25) is 0 Å². The van der Waals surface area contributed by atoms with E-state index in [1.165, 1.54) is 0 Å². The van der Waals surface area contributed by atoms with Crippen LogP contribution in [-0.2, 0) is 24.7 Å². The molecule has 0 fully saturated rings. The molecule has 0 aliphatic rings. The van der Waals surface area contributed by atoms with Gasteiger partial charge in [0.2, 0.25) is 10.0 Å². The van der Waals surface area contributed by atoms with Gasteiger partial charge in [-0.25, -0.2) is 21.2 Å². The lowest BCUT2D eigenvalue weighted by molar-refractivity contribution is -0.139. The standard InChI is InChI=1S/C11H14FNO6S2/c1-20(16,17)6-5-10(11(14)15)13-21(18,19)9-4-2-3-8(12)7-9/h2-4,7,10,13H,5-6H2,1H3,(H,14,15). The molecule has 0 saturated carbocycles. The van der Waals surface area contributed by atoms with Crippen LogP contribution in [0.4, 0.5) is 4.39 Å². The van der Waals surface area contributed by atoms with Crippen molar-refractivity contribution in [3.63, 3.8) is 0 Å². The van der Waals surface area contributed by atoms with Gasteiger partial charge < -0.3 is 5.11 Å². The third kappa shape index (κ3) is 5.78. The number of aliphatic carboxylic acids is 1. The molecule has 1 aromatic carbocycles. The summed E-state index contributed by atoms with van der Waals surface area (Å²) in [7, 11) is -7.70. The molecule has 0 aliphatic heterocycles. The van der Waals surface area contributed by atoms with Gasteiger partial charge in [-0.2, -0.15) is 4.72 Å². The zero-order chi connectivity index (χ0) is 16.3. The summed E-state index contributed by atoms with van der Waals surface area (Å²) in [6.07, 6.45) is 0.482. The number of benzene rings is 1. The van der Waals surface area contributed by atoms with E-state index in [1.807, 2.05) is 4.72 Å². The topological polar surface area (TPSA) is 118 Å². The SMILES string of the molecule is CS(=O)(=O)CCC(NS(=O)(=O)c1cccc(F)c1)C(=O)O. The summed E-state index contributed by atoms with van der Waals surface area (Å²) in [6.45, 7) is 0. The molecule has 21 heavy (non-hydrogen) atoms. The van der Waals surface area contributed by atoms with Gasteiger partial charge in [0.1, 0.15) is 21.7 Å². The van der Waals surface area contributed by atoms with Gasteiger partial charge in [0.15, 0.2) is 0 Å². The average Bonchev–Trinajstić information content (AvgIpc) is 2.33. The van der Waals surface area contributed by atoms with Gasteiger partial charge in [0, 0.05) is 6.26 Å². The van der Waals surface area contributed by atoms with Crippen molar-refractivity contribution in [1.82, 2.24) is 4.72 Å². The molecule has 0 amide bonds. The number of rotatable bonds is 7. The van der Waals surface area contributed by atoms with Gasteiger partial charge in [0.05, 0.1) is 10.6 Å². The number of sulfonamides is 1. The number of carboxylic acids is 1. The van der Waals surface area contributed by atoms with E-state index in [9.17, 15) is 26.0 Å². The van der Waals surface area contributed by atoms with Crippen LogP contribution >= 0.6 is 0 Å². The van der Waals surface area contributed by atoms with Crippen molar-refractivity contribution in [2.45, 2.75) is 17.4 Å². The fourth-order valence-corrected chi connectivity index (χ4v) is 3.37. The van der Waals surface area contributed by atoms with Crippen LogP contribution in [0.5, 0.6) is 0 Å². The van der Waals surface area contributed by atoms with Crippen LogP contribution in [0.3, 0.4) is 0 Å². The molecule has 0 spiro atoms. The Bertz CT molecular complexity index is 729. The lowest BCUT2D eigenvalue weighted by atomic mass is 10.2. The third-order valence-electron chi connectivity index (χ3n) is 2.48. The minimum absolute atomic E-state index is 0.428. The first kappa shape index (κ1) is 17.5. The van der Waals surface area contributed by atoms with Crippen molar-refractivity contribution in [1.29, 1.82) is 0 Å². The molecule has 0 aliphatic carbocycles. The zero-order valence-corrected chi connectivity index (χ0v) is 12.6. The fourth-order valence-electron chi connectivity index (χ4n) is 1.45. The highest BCUT2D eigenvalue weighted by Gasteiger charge is 2.26. The Hall–Kier alpha value is -1.52. The van der Waals surface area contributed by atoms with E-state index >= 15 is 0 Å². The first-order valence-corrected chi connectivity index (χ1v) is 9.24. The Morgan fingerprint density at radius 3 is 2.43 bits per heavy atom. The van der Waals surface area contributed by atoms with Gasteiger partial charge in [-0.15, -0.1) is 0 Å². The monoisotopic (exact) mass is 339 g/mol. The molecule has 0 aromatic heterocycles. The molecule has 2 N–H and O–H groups in total. The van der Waals surface area contributed by atoms with Crippen molar-refractivity contribution in [3.05, 3.63) is 30.1 Å². The van der Waals surface area contributed by atoms with Crippen LogP contribution in [0.25, 0.3) is 0 Å². The van der Waals surface area contributed by atoms with Crippen LogP contribution in [0.15, 0.2) is 29.2 Å². The number of carboxylic acid groups (broad SMARTS) is 1. The first-order valence-electron chi connectivity index (χ1n) is 5.70. The highest BCUT2D eigenvalue weighted by Crippen LogP contribution is 2.12. The van der Waals surface area contributed by atoms with E-state index in [-0.39, 0.29) is 0 Å². The Balaban J connectivity index is 2.95. The van der Waals surface area contributed by atoms with Crippen molar-refractivity contribution < 1.29 is 31.1 Å². The second-order valence-electron chi connectivity index (χ2n) is 4.39. The molecule has 0 heterocycles. The summed E-state index contributed by atoms with van der Waals surface area (Å²) in [6, 6.07) is 2.42. The van der Waals surface area contributed by atoms with E-state index in [0.717, 1.165) is 30.5 Å². The summed E-state index contributed by atoms with van der Waals surface area (Å²) in [5.74, 6) is -2.80. The van der Waals surface area contributed by atoms with Gasteiger partial charge >= 0.3 is 5.97 Å². The zero-order valence-electron chi connectivity index (χ0n) is 11.0. The Morgan fingerprint density at radius 1 is 1.33 bits per heavy atom. The summed E-state index contributed by atoms with van der Waals surface area (Å²) in [5, 5.41) is 8.94. The van der Waals surface area contributed by atoms with Gasteiger partial charge in [-0.05, 0) is 24.6 Å². The number of halogens is 1. The predicted octanol–water partition coefficient (Wildman–Crippen LogP) is -0.00810. The molecule has 0 radical (unpaired) electrons. The number of carbonyl (C=O) groups is 1. The predicted molar refractivity (Wildman–Crippen MR) is 72.5 cm³/mol. The molecule has 1 unspecified atom stereocenters. The van der Waals surface area contributed by atoms with Crippen LogP contribution in [0, 0.1) is 5.82 Å². The molecule has 1 rings (SSSR count). The van der Waals surface area contributed by atoms with E-state index in [4.69, 9.17) is 5.11 Å². The summed E-state index contributed by atoms with van der Waals surface area (Å²) in [5.41, 5.74) is 0. The Labute approximate surface area is 121 Å². The average molecular weight is 339 g/mol. The number of hydrogen-bond donors (Lipinski definition) is 2. The van der Waals surface area contributed by atoms with E-state index in [2.05, 4.69) is 0 Å². The number of sulfone groups is 1. The minimum Gasteiger partial charge on any atom is -0.480 e. The fraction of sp³-hybridized carbons (Fsp3) is 0.364. The van der Waals surface area contributed by atoms with Crippen molar-refractivity contribution in [2.75, 3.05) is 12.0 Å². The number of nitrogens with one attached hydrogen (secondary N) is 1. The van der Waals surface area contributed by atoms with Crippen LogP contribution in [0.1, 0.15) is 6.42 Å². The van der Waals surface area contributed by atoms with Crippen molar-refractivity contribution in [3.8, 4) is 0 Å². The maximum absolute atomic E-state index is 13.0. The first-order chi connectivity index (χ1) is 9.51. The molecule has 0 saturated heterocycles. The van der Waals surface area contributed by atoms with Crippen molar-refractivity contribution in [2.24, 2.45) is 0 Å². The molecule has 1 aromatic rings. The van der Waals surface area contributed by atoms with E-state index in [1.54, 1.807) is 0 Å². The Kier molecular flexibility index (Phi) is 5.42. The van der Waals surface area contributed by atoms with E-state index in [0.29, 0.717) is 0 Å². The third-order valence-corrected chi connectivity index (χ3v) is 4.93. The Morgan fingerprint density at radius 2 is 1.95 bits per heavy atom. The molecule has 0 bridgehead atoms. The molecular weight excluding hydrogens is 325 g/mol. The largest absolute Gasteiger partial charge is 0.480 e. The highest BCUT2D eigenvalue weighted by molar-refractivity contribution is 7.90. The second kappa shape index (κ2) is 6.50. The smallest absolute Gasteiger partial charge is 0.321 e. The van der Waals surface area contributed by atoms with E-state index < -0.39 is 54.8 Å². The molecular formula is C11H14FNO6S2. The van der Waals surface area contributed by atoms with Gasteiger partial charge in [-0.3, -0.25) is 4.79 Å².